The molecule has 1 heterocycles. The van der Waals surface area contributed by atoms with Crippen LogP contribution in [0.2, 0.25) is 0 Å². The molecular formula is C14H13F4NO3. The predicted octanol–water partition coefficient (Wildman–Crippen LogP) is 1.67. The van der Waals surface area contributed by atoms with Crippen molar-refractivity contribution < 1.29 is 32.3 Å². The first-order chi connectivity index (χ1) is 10.2. The maximum Gasteiger partial charge on any atom is 0.416 e. The number of β-amino-alcohol motifs (C(OH)–C–C–N with tert-alkyl or cyclic N) is 1. The zero-order valence-electron chi connectivity index (χ0n) is 11.3. The van der Waals surface area contributed by atoms with Crippen LogP contribution < -0.4 is 0 Å². The van der Waals surface area contributed by atoms with E-state index < -0.39 is 42.4 Å². The highest BCUT2D eigenvalue weighted by molar-refractivity contribution is 6.03. The van der Waals surface area contributed by atoms with Crippen molar-refractivity contribution in [2.24, 2.45) is 5.92 Å². The molecule has 0 aliphatic carbocycles. The molecule has 0 unspecified atom stereocenters. The van der Waals surface area contributed by atoms with E-state index in [1.807, 2.05) is 0 Å². The van der Waals surface area contributed by atoms with E-state index in [-0.39, 0.29) is 12.8 Å². The fourth-order valence-corrected chi connectivity index (χ4v) is 2.28. The molecular weight excluding hydrogens is 306 g/mol. The summed E-state index contributed by atoms with van der Waals surface area (Å²) in [6.07, 6.45) is -7.75. The molecule has 0 saturated carbocycles. The fraction of sp³-hybridized carbons (Fsp3) is 0.429. The van der Waals surface area contributed by atoms with Gasteiger partial charge in [0.25, 0.3) is 0 Å². The number of carbonyl (C=O) groups is 2. The van der Waals surface area contributed by atoms with Gasteiger partial charge in [-0.15, -0.1) is 0 Å². The number of imide groups is 1. The molecule has 120 valence electrons. The lowest BCUT2D eigenvalue weighted by Crippen LogP contribution is -2.43. The van der Waals surface area contributed by atoms with E-state index >= 15 is 0 Å². The van der Waals surface area contributed by atoms with Gasteiger partial charge >= 0.3 is 6.18 Å². The molecule has 0 spiro atoms. The van der Waals surface area contributed by atoms with E-state index in [0.29, 0.717) is 10.5 Å². The highest BCUT2D eigenvalue weighted by Gasteiger charge is 2.45. The Kier molecular flexibility index (Phi) is 4.50. The standard InChI is InChI=1S/C14H13F4NO3/c15-10-3-1-8(2-4-10)5-9-6-12(21)19(13(9)22)7-11(20)14(16,17)18/h1-4,9,11,20H,5-7H2/t9-,11-/m0/s1. The van der Waals surface area contributed by atoms with Gasteiger partial charge in [0.2, 0.25) is 11.8 Å². The summed E-state index contributed by atoms with van der Waals surface area (Å²) < 4.78 is 49.7. The van der Waals surface area contributed by atoms with Gasteiger partial charge in [-0.25, -0.2) is 4.39 Å². The van der Waals surface area contributed by atoms with Crippen molar-refractivity contribution in [2.75, 3.05) is 6.54 Å². The molecule has 1 saturated heterocycles. The first-order valence-corrected chi connectivity index (χ1v) is 6.52. The zero-order chi connectivity index (χ0) is 16.5. The molecule has 1 aliphatic rings. The first-order valence-electron chi connectivity index (χ1n) is 6.52. The minimum atomic E-state index is -4.89. The number of halogens is 4. The van der Waals surface area contributed by atoms with Gasteiger partial charge < -0.3 is 5.11 Å². The summed E-state index contributed by atoms with van der Waals surface area (Å²) in [7, 11) is 0. The molecule has 1 aromatic rings. The number of aliphatic hydroxyl groups is 1. The molecule has 0 radical (unpaired) electrons. The third-order valence-corrected chi connectivity index (χ3v) is 3.47. The number of alkyl halides is 3. The van der Waals surface area contributed by atoms with Crippen molar-refractivity contribution in [1.29, 1.82) is 0 Å². The average Bonchev–Trinajstić information content (AvgIpc) is 2.68. The highest BCUT2D eigenvalue weighted by Crippen LogP contribution is 2.27. The Hall–Kier alpha value is -1.96. The molecule has 0 aromatic heterocycles. The van der Waals surface area contributed by atoms with Gasteiger partial charge in [-0.1, -0.05) is 12.1 Å². The van der Waals surface area contributed by atoms with Crippen LogP contribution in [0.1, 0.15) is 12.0 Å². The van der Waals surface area contributed by atoms with Crippen molar-refractivity contribution in [3.63, 3.8) is 0 Å². The molecule has 1 aliphatic heterocycles. The molecule has 2 atom stereocenters. The van der Waals surface area contributed by atoms with Crippen LogP contribution in [0, 0.1) is 11.7 Å². The van der Waals surface area contributed by atoms with Crippen LogP contribution in [0.5, 0.6) is 0 Å². The normalized spacial score (nSPS) is 20.6. The maximum atomic E-state index is 12.8. The number of hydrogen-bond donors (Lipinski definition) is 1. The van der Waals surface area contributed by atoms with E-state index in [1.54, 1.807) is 0 Å². The smallest absolute Gasteiger partial charge is 0.382 e. The Labute approximate surface area is 123 Å². The lowest BCUT2D eigenvalue weighted by Gasteiger charge is -2.20. The number of benzene rings is 1. The summed E-state index contributed by atoms with van der Waals surface area (Å²) in [4.78, 5) is 24.1. The highest BCUT2D eigenvalue weighted by atomic mass is 19.4. The molecule has 8 heteroatoms. The minimum absolute atomic E-state index is 0.128. The second kappa shape index (κ2) is 6.04. The van der Waals surface area contributed by atoms with E-state index in [4.69, 9.17) is 5.11 Å². The Morgan fingerprint density at radius 1 is 1.23 bits per heavy atom. The van der Waals surface area contributed by atoms with E-state index in [0.717, 1.165) is 0 Å². The quantitative estimate of drug-likeness (QED) is 0.678. The van der Waals surface area contributed by atoms with Crippen molar-refractivity contribution in [1.82, 2.24) is 4.90 Å². The molecule has 1 aromatic carbocycles. The van der Waals surface area contributed by atoms with Crippen LogP contribution in [0.25, 0.3) is 0 Å². The summed E-state index contributed by atoms with van der Waals surface area (Å²) in [6.45, 7) is -1.10. The van der Waals surface area contributed by atoms with Crippen LogP contribution in [0.3, 0.4) is 0 Å². The monoisotopic (exact) mass is 319 g/mol. The summed E-state index contributed by atoms with van der Waals surface area (Å²) >= 11 is 0. The number of carbonyl (C=O) groups excluding carboxylic acids is 2. The van der Waals surface area contributed by atoms with E-state index in [9.17, 15) is 27.2 Å². The molecule has 2 amide bonds. The predicted molar refractivity (Wildman–Crippen MR) is 67.0 cm³/mol. The molecule has 4 nitrogen and oxygen atoms in total. The van der Waals surface area contributed by atoms with E-state index in [2.05, 4.69) is 0 Å². The largest absolute Gasteiger partial charge is 0.416 e. The molecule has 1 N–H and O–H groups in total. The molecule has 0 bridgehead atoms. The summed E-state index contributed by atoms with van der Waals surface area (Å²) in [5, 5.41) is 8.98. The maximum absolute atomic E-state index is 12.8. The van der Waals surface area contributed by atoms with Crippen molar-refractivity contribution in [3.05, 3.63) is 35.6 Å². The number of nitrogens with zero attached hydrogens (tertiary/aromatic N) is 1. The number of amides is 2. The van der Waals surface area contributed by atoms with Gasteiger partial charge in [0, 0.05) is 6.42 Å². The Bertz CT molecular complexity index is 570. The van der Waals surface area contributed by atoms with Crippen LogP contribution in [-0.4, -0.2) is 40.6 Å². The SMILES string of the molecule is O=C1C[C@H](Cc2ccc(F)cc2)C(=O)N1C[C@H](O)C(F)(F)F. The van der Waals surface area contributed by atoms with Crippen LogP contribution in [0.15, 0.2) is 24.3 Å². The van der Waals surface area contributed by atoms with E-state index in [1.165, 1.54) is 24.3 Å². The van der Waals surface area contributed by atoms with Gasteiger partial charge in [0.05, 0.1) is 12.5 Å². The first kappa shape index (κ1) is 16.4. The number of aliphatic hydroxyl groups excluding tert-OH is 1. The van der Waals surface area contributed by atoms with Crippen molar-refractivity contribution in [3.8, 4) is 0 Å². The Morgan fingerprint density at radius 3 is 2.36 bits per heavy atom. The fourth-order valence-electron chi connectivity index (χ4n) is 2.28. The van der Waals surface area contributed by atoms with Crippen LogP contribution in [0.4, 0.5) is 17.6 Å². The molecule has 2 rings (SSSR count). The zero-order valence-corrected chi connectivity index (χ0v) is 11.3. The third kappa shape index (κ3) is 3.62. The van der Waals surface area contributed by atoms with Crippen LogP contribution >= 0.6 is 0 Å². The molecule has 22 heavy (non-hydrogen) atoms. The second-order valence-electron chi connectivity index (χ2n) is 5.13. The number of rotatable bonds is 4. The average molecular weight is 319 g/mol. The van der Waals surface area contributed by atoms with Crippen LogP contribution in [-0.2, 0) is 16.0 Å². The Balaban J connectivity index is 2.04. The lowest BCUT2D eigenvalue weighted by atomic mass is 9.98. The van der Waals surface area contributed by atoms with Crippen molar-refractivity contribution in [2.45, 2.75) is 25.1 Å². The minimum Gasteiger partial charge on any atom is -0.382 e. The van der Waals surface area contributed by atoms with Crippen molar-refractivity contribution >= 4 is 11.8 Å². The van der Waals surface area contributed by atoms with Gasteiger partial charge in [-0.2, -0.15) is 13.2 Å². The summed E-state index contributed by atoms with van der Waals surface area (Å²) in [6, 6.07) is 5.28. The number of hydrogen-bond acceptors (Lipinski definition) is 3. The number of likely N-dealkylation sites (tertiary alicyclic amines) is 1. The van der Waals surface area contributed by atoms with Gasteiger partial charge in [-0.05, 0) is 24.1 Å². The topological polar surface area (TPSA) is 57.6 Å². The lowest BCUT2D eigenvalue weighted by molar-refractivity contribution is -0.207. The molecule has 1 fully saturated rings. The van der Waals surface area contributed by atoms with Gasteiger partial charge in [0.1, 0.15) is 5.82 Å². The second-order valence-corrected chi connectivity index (χ2v) is 5.13. The van der Waals surface area contributed by atoms with Gasteiger partial charge in [-0.3, -0.25) is 14.5 Å². The summed E-state index contributed by atoms with van der Waals surface area (Å²) in [5.74, 6) is -2.75. The summed E-state index contributed by atoms with van der Waals surface area (Å²) in [5.41, 5.74) is 0.603. The third-order valence-electron chi connectivity index (χ3n) is 3.47. The van der Waals surface area contributed by atoms with Gasteiger partial charge in [0.15, 0.2) is 6.10 Å². The Morgan fingerprint density at radius 2 is 1.82 bits per heavy atom.